The van der Waals surface area contributed by atoms with Crippen molar-refractivity contribution in [3.8, 4) is 0 Å². The summed E-state index contributed by atoms with van der Waals surface area (Å²) in [4.78, 5) is 37.7. The molecule has 10 heteroatoms. The maximum absolute atomic E-state index is 13.5. The van der Waals surface area contributed by atoms with Crippen LogP contribution >= 0.6 is 7.82 Å². The van der Waals surface area contributed by atoms with Crippen LogP contribution in [0, 0.1) is 0 Å². The Morgan fingerprint density at radius 1 is 0.468 bits per heavy atom. The van der Waals surface area contributed by atoms with Gasteiger partial charge in [0.25, 0.3) is 0 Å². The number of nitrogens with zero attached hydrogens (tertiary/aromatic N) is 1. The molecule has 2 N–H and O–H groups in total. The number of amides is 1. The molecule has 0 fully saturated rings. The zero-order chi connectivity index (χ0) is 56.4. The molecule has 0 aromatic rings. The number of esters is 1. The summed E-state index contributed by atoms with van der Waals surface area (Å²) in [7, 11) is 1.50. The third-order valence-corrected chi connectivity index (χ3v) is 15.1. The lowest BCUT2D eigenvalue weighted by Gasteiger charge is -2.27. The number of allylic oxidation sites excluding steroid dienone is 11. The van der Waals surface area contributed by atoms with Crippen molar-refractivity contribution in [2.75, 3.05) is 40.9 Å². The first-order chi connectivity index (χ1) is 37.4. The minimum absolute atomic E-state index is 0.0387. The van der Waals surface area contributed by atoms with Gasteiger partial charge in [0.15, 0.2) is 0 Å². The maximum Gasteiger partial charge on any atom is 0.472 e. The van der Waals surface area contributed by atoms with E-state index in [1.165, 1.54) is 154 Å². The van der Waals surface area contributed by atoms with Gasteiger partial charge < -0.3 is 19.4 Å². The van der Waals surface area contributed by atoms with Crippen LogP contribution in [0.3, 0.4) is 0 Å². The maximum atomic E-state index is 13.5. The van der Waals surface area contributed by atoms with Crippen molar-refractivity contribution in [2.45, 2.75) is 303 Å². The smallest absolute Gasteiger partial charge is 0.456 e. The number of phosphoric ester groups is 1. The van der Waals surface area contributed by atoms with Crippen LogP contribution in [0.1, 0.15) is 290 Å². The standard InChI is InChI=1S/C67H123N2O7P/c1-7-10-13-16-19-22-25-28-29-30-31-32-33-34-35-36-37-38-39-42-45-48-51-54-57-60-67(71)76-65(58-55-52-49-46-43-40-26-23-20-17-14-11-8-2)64(63-75-77(72,73)74-62-61-69(4,5)6)68-66(70)59-56-53-50-47-44-41-27-24-21-18-15-12-9-3/h10,13,19,22,28-29,31-32,34-35,55,58,64-65H,7-9,11-12,14-18,20-21,23-27,30,33,36-54,56-57,59-63H2,1-6H3,(H-,68,70,72,73)/p+1/b13-10-,22-19-,29-28-,32-31-,35-34-,58-55-. The molecule has 0 aromatic carbocycles. The Morgan fingerprint density at radius 3 is 1.25 bits per heavy atom. The molecule has 0 heterocycles. The monoisotopic (exact) mass is 1100 g/mol. The van der Waals surface area contributed by atoms with Crippen molar-refractivity contribution in [1.29, 1.82) is 0 Å². The second-order valence-electron chi connectivity index (χ2n) is 22.9. The number of carbonyl (C=O) groups excluding carboxylic acids is 2. The van der Waals surface area contributed by atoms with Gasteiger partial charge in [0.1, 0.15) is 19.3 Å². The van der Waals surface area contributed by atoms with E-state index in [1.54, 1.807) is 0 Å². The zero-order valence-electron chi connectivity index (χ0n) is 51.2. The van der Waals surface area contributed by atoms with Gasteiger partial charge >= 0.3 is 13.8 Å². The number of rotatable bonds is 58. The molecule has 0 spiro atoms. The predicted molar refractivity (Wildman–Crippen MR) is 332 cm³/mol. The Hall–Kier alpha value is -2.55. The van der Waals surface area contributed by atoms with Gasteiger partial charge in [-0.2, -0.15) is 0 Å². The molecule has 9 nitrogen and oxygen atoms in total. The molecule has 0 aliphatic carbocycles. The molecule has 3 atom stereocenters. The fraction of sp³-hybridized carbons (Fsp3) is 0.791. The first-order valence-corrected chi connectivity index (χ1v) is 33.8. The number of carbonyl (C=O) groups is 2. The third kappa shape index (κ3) is 57.9. The van der Waals surface area contributed by atoms with Gasteiger partial charge in [-0.15, -0.1) is 0 Å². The molecule has 0 aliphatic rings. The average molecular weight is 1100 g/mol. The van der Waals surface area contributed by atoms with Crippen molar-refractivity contribution in [3.63, 3.8) is 0 Å². The Morgan fingerprint density at radius 2 is 0.831 bits per heavy atom. The summed E-state index contributed by atoms with van der Waals surface area (Å²) >= 11 is 0. The van der Waals surface area contributed by atoms with Gasteiger partial charge in [-0.25, -0.2) is 4.57 Å². The van der Waals surface area contributed by atoms with Gasteiger partial charge in [-0.3, -0.25) is 18.6 Å². The van der Waals surface area contributed by atoms with Crippen LogP contribution in [0.4, 0.5) is 0 Å². The van der Waals surface area contributed by atoms with Crippen LogP contribution < -0.4 is 5.32 Å². The molecule has 0 radical (unpaired) electrons. The van der Waals surface area contributed by atoms with E-state index in [-0.39, 0.29) is 31.5 Å². The summed E-state index contributed by atoms with van der Waals surface area (Å²) in [5.74, 6) is -0.505. The van der Waals surface area contributed by atoms with E-state index in [1.807, 2.05) is 33.3 Å². The highest BCUT2D eigenvalue weighted by atomic mass is 31.2. The van der Waals surface area contributed by atoms with Crippen molar-refractivity contribution < 1.29 is 37.3 Å². The summed E-state index contributed by atoms with van der Waals surface area (Å²) in [5, 5.41) is 3.06. The van der Waals surface area contributed by atoms with Gasteiger partial charge in [0.2, 0.25) is 5.91 Å². The number of nitrogens with one attached hydrogen (secondary N) is 1. The minimum Gasteiger partial charge on any atom is -0.456 e. The summed E-state index contributed by atoms with van der Waals surface area (Å²) in [6.45, 7) is 6.91. The second-order valence-corrected chi connectivity index (χ2v) is 24.4. The number of hydrogen-bond donors (Lipinski definition) is 2. The zero-order valence-corrected chi connectivity index (χ0v) is 52.1. The number of quaternary nitrogens is 1. The number of likely N-dealkylation sites (N-methyl/N-ethyl adjacent to an activating group) is 1. The second kappa shape index (κ2) is 56.7. The molecule has 0 aromatic heterocycles. The van der Waals surface area contributed by atoms with Crippen LogP contribution in [0.5, 0.6) is 0 Å². The van der Waals surface area contributed by atoms with Gasteiger partial charge in [-0.05, 0) is 76.7 Å². The van der Waals surface area contributed by atoms with Crippen molar-refractivity contribution in [3.05, 3.63) is 72.9 Å². The van der Waals surface area contributed by atoms with E-state index in [4.69, 9.17) is 13.8 Å². The molecule has 0 saturated heterocycles. The summed E-state index contributed by atoms with van der Waals surface area (Å²) in [5.41, 5.74) is 0. The summed E-state index contributed by atoms with van der Waals surface area (Å²) in [6.07, 6.45) is 73.2. The highest BCUT2D eigenvalue weighted by Crippen LogP contribution is 2.43. The molecule has 0 saturated carbocycles. The van der Waals surface area contributed by atoms with Gasteiger partial charge in [0.05, 0.1) is 33.8 Å². The number of ether oxygens (including phenoxy) is 1. The van der Waals surface area contributed by atoms with Crippen molar-refractivity contribution in [1.82, 2.24) is 5.32 Å². The fourth-order valence-corrected chi connectivity index (χ4v) is 9.94. The molecular formula is C67H124N2O7P+. The Bertz CT molecular complexity index is 1550. The number of unbranched alkanes of at least 4 members (excludes halogenated alkanes) is 32. The first-order valence-electron chi connectivity index (χ1n) is 32.3. The highest BCUT2D eigenvalue weighted by Gasteiger charge is 2.30. The Kier molecular flexibility index (Phi) is 54.8. The largest absolute Gasteiger partial charge is 0.472 e. The topological polar surface area (TPSA) is 111 Å². The van der Waals surface area contributed by atoms with Crippen LogP contribution in [-0.2, 0) is 27.9 Å². The van der Waals surface area contributed by atoms with Gasteiger partial charge in [-0.1, -0.05) is 274 Å². The summed E-state index contributed by atoms with van der Waals surface area (Å²) in [6, 6.07) is -0.850. The van der Waals surface area contributed by atoms with E-state index in [0.717, 1.165) is 103 Å². The Balaban J connectivity index is 5.15. The molecule has 0 rings (SSSR count). The lowest BCUT2D eigenvalue weighted by atomic mass is 10.0. The SMILES string of the molecule is CC/C=C\C/C=C\C/C=C\C/C=C\C/C=C\CCCCCCCCCCCC(=O)OC(/C=C\CCCCCCCCCCCCC)C(COP(=O)(O)OCC[N+](C)(C)C)NC(=O)CCCCCCCCCCCCCCC. The van der Waals surface area contributed by atoms with Crippen molar-refractivity contribution >= 4 is 19.7 Å². The highest BCUT2D eigenvalue weighted by molar-refractivity contribution is 7.47. The quantitative estimate of drug-likeness (QED) is 0.0205. The van der Waals surface area contributed by atoms with Crippen molar-refractivity contribution in [2.24, 2.45) is 0 Å². The average Bonchev–Trinajstić information content (AvgIpc) is 3.39. The molecule has 0 bridgehead atoms. The number of phosphoric acid groups is 1. The predicted octanol–water partition coefficient (Wildman–Crippen LogP) is 20.0. The van der Waals surface area contributed by atoms with E-state index in [2.05, 4.69) is 86.8 Å². The van der Waals surface area contributed by atoms with E-state index in [9.17, 15) is 19.0 Å². The fourth-order valence-electron chi connectivity index (χ4n) is 9.20. The molecule has 77 heavy (non-hydrogen) atoms. The van der Waals surface area contributed by atoms with Crippen LogP contribution in [-0.4, -0.2) is 74.3 Å². The van der Waals surface area contributed by atoms with Crippen LogP contribution in [0.15, 0.2) is 72.9 Å². The van der Waals surface area contributed by atoms with Gasteiger partial charge in [0, 0.05) is 12.8 Å². The Labute approximate surface area is 476 Å². The molecule has 3 unspecified atom stereocenters. The minimum atomic E-state index is -4.45. The molecule has 448 valence electrons. The molecule has 1 amide bonds. The lowest BCUT2D eigenvalue weighted by Crippen LogP contribution is -2.47. The van der Waals surface area contributed by atoms with E-state index < -0.39 is 20.0 Å². The lowest BCUT2D eigenvalue weighted by molar-refractivity contribution is -0.870. The van der Waals surface area contributed by atoms with Crippen LogP contribution in [0.2, 0.25) is 0 Å². The normalized spacial score (nSPS) is 14.1. The summed E-state index contributed by atoms with van der Waals surface area (Å²) < 4.78 is 30.7. The molecule has 0 aliphatic heterocycles. The van der Waals surface area contributed by atoms with E-state index >= 15 is 0 Å². The number of hydrogen-bond acceptors (Lipinski definition) is 6. The van der Waals surface area contributed by atoms with E-state index in [0.29, 0.717) is 17.4 Å². The third-order valence-electron chi connectivity index (χ3n) is 14.2. The first kappa shape index (κ1) is 74.5. The van der Waals surface area contributed by atoms with Crippen LogP contribution in [0.25, 0.3) is 0 Å². The molecular weight excluding hydrogens is 976 g/mol.